The smallest absolute Gasteiger partial charge is 0.166 e. The van der Waals surface area contributed by atoms with E-state index in [0.29, 0.717) is 5.69 Å². The lowest BCUT2D eigenvalue weighted by atomic mass is 10.1. The molecule has 0 radical (unpaired) electrons. The van der Waals surface area contributed by atoms with Crippen molar-refractivity contribution in [2.45, 2.75) is 12.5 Å². The standard InChI is InChI=1S/C8H8N2O/c1-3-8(2,11)7-6-9-4-5-10-7/h1,4-6,11H,2H3/t8-/m0/s1. The Morgan fingerprint density at radius 2 is 2.36 bits per heavy atom. The van der Waals surface area contributed by atoms with Gasteiger partial charge in [0.1, 0.15) is 5.69 Å². The number of rotatable bonds is 1. The van der Waals surface area contributed by atoms with Crippen LogP contribution in [0.2, 0.25) is 0 Å². The maximum atomic E-state index is 9.46. The molecule has 0 aliphatic heterocycles. The van der Waals surface area contributed by atoms with Crippen molar-refractivity contribution >= 4 is 0 Å². The van der Waals surface area contributed by atoms with Gasteiger partial charge in [0, 0.05) is 12.4 Å². The van der Waals surface area contributed by atoms with Crippen molar-refractivity contribution in [3.8, 4) is 12.3 Å². The molecule has 3 heteroatoms. The topological polar surface area (TPSA) is 46.0 Å². The summed E-state index contributed by atoms with van der Waals surface area (Å²) >= 11 is 0. The van der Waals surface area contributed by atoms with Gasteiger partial charge in [-0.2, -0.15) is 0 Å². The van der Waals surface area contributed by atoms with Crippen LogP contribution in [-0.2, 0) is 5.60 Å². The van der Waals surface area contributed by atoms with E-state index < -0.39 is 5.60 Å². The van der Waals surface area contributed by atoms with Gasteiger partial charge >= 0.3 is 0 Å². The first kappa shape index (κ1) is 7.70. The summed E-state index contributed by atoms with van der Waals surface area (Å²) in [6.07, 6.45) is 9.53. The molecule has 0 saturated heterocycles. The van der Waals surface area contributed by atoms with Crippen molar-refractivity contribution in [2.75, 3.05) is 0 Å². The van der Waals surface area contributed by atoms with Crippen LogP contribution < -0.4 is 0 Å². The Morgan fingerprint density at radius 1 is 1.64 bits per heavy atom. The van der Waals surface area contributed by atoms with E-state index in [2.05, 4.69) is 15.9 Å². The molecule has 1 N–H and O–H groups in total. The van der Waals surface area contributed by atoms with Gasteiger partial charge in [0.15, 0.2) is 5.60 Å². The number of hydrogen-bond acceptors (Lipinski definition) is 3. The van der Waals surface area contributed by atoms with Crippen molar-refractivity contribution in [1.82, 2.24) is 9.97 Å². The molecule has 0 aromatic carbocycles. The summed E-state index contributed by atoms with van der Waals surface area (Å²) in [7, 11) is 0. The number of hydrogen-bond donors (Lipinski definition) is 1. The molecule has 0 saturated carbocycles. The molecule has 0 amide bonds. The van der Waals surface area contributed by atoms with Crippen LogP contribution in [0.1, 0.15) is 12.6 Å². The van der Waals surface area contributed by atoms with Gasteiger partial charge in [-0.3, -0.25) is 9.97 Å². The third kappa shape index (κ3) is 1.54. The summed E-state index contributed by atoms with van der Waals surface area (Å²) in [6, 6.07) is 0. The quantitative estimate of drug-likeness (QED) is 0.583. The van der Waals surface area contributed by atoms with Crippen LogP contribution in [0.3, 0.4) is 0 Å². The summed E-state index contributed by atoms with van der Waals surface area (Å²) in [5.74, 6) is 2.21. The molecule has 0 spiro atoms. The van der Waals surface area contributed by atoms with Crippen LogP contribution in [0.4, 0.5) is 0 Å². The fourth-order valence-electron chi connectivity index (χ4n) is 0.624. The molecule has 0 aliphatic rings. The third-order valence-corrected chi connectivity index (χ3v) is 1.34. The maximum Gasteiger partial charge on any atom is 0.166 e. The first-order valence-electron chi connectivity index (χ1n) is 3.13. The minimum absolute atomic E-state index is 0.391. The van der Waals surface area contributed by atoms with E-state index in [4.69, 9.17) is 6.42 Å². The zero-order chi connectivity index (χ0) is 8.32. The molecular weight excluding hydrogens is 140 g/mol. The van der Waals surface area contributed by atoms with Gasteiger partial charge in [-0.15, -0.1) is 6.42 Å². The van der Waals surface area contributed by atoms with Gasteiger partial charge < -0.3 is 5.11 Å². The Kier molecular flexibility index (Phi) is 1.88. The Balaban J connectivity index is 3.05. The van der Waals surface area contributed by atoms with Crippen LogP contribution in [-0.4, -0.2) is 15.1 Å². The second-order valence-electron chi connectivity index (χ2n) is 2.31. The van der Waals surface area contributed by atoms with Gasteiger partial charge in [0.05, 0.1) is 6.20 Å². The first-order valence-corrected chi connectivity index (χ1v) is 3.13. The number of aliphatic hydroxyl groups is 1. The largest absolute Gasteiger partial charge is 0.372 e. The SMILES string of the molecule is C#C[C@](C)(O)c1cnccn1. The van der Waals surface area contributed by atoms with Crippen LogP contribution in [0.15, 0.2) is 18.6 Å². The summed E-state index contributed by atoms with van der Waals surface area (Å²) in [5, 5.41) is 9.46. The van der Waals surface area contributed by atoms with E-state index in [0.717, 1.165) is 0 Å². The van der Waals surface area contributed by atoms with Crippen molar-refractivity contribution in [2.24, 2.45) is 0 Å². The monoisotopic (exact) mass is 148 g/mol. The Bertz CT molecular complexity index is 274. The van der Waals surface area contributed by atoms with Gasteiger partial charge in [0.25, 0.3) is 0 Å². The Labute approximate surface area is 65.1 Å². The average molecular weight is 148 g/mol. The highest BCUT2D eigenvalue weighted by Crippen LogP contribution is 2.14. The number of terminal acetylenes is 1. The van der Waals surface area contributed by atoms with Crippen molar-refractivity contribution in [3.63, 3.8) is 0 Å². The predicted octanol–water partition coefficient (Wildman–Crippen LogP) is 0.317. The molecule has 11 heavy (non-hydrogen) atoms. The van der Waals surface area contributed by atoms with Gasteiger partial charge in [-0.25, -0.2) is 0 Å². The molecule has 1 aromatic rings. The zero-order valence-electron chi connectivity index (χ0n) is 6.15. The third-order valence-electron chi connectivity index (χ3n) is 1.34. The summed E-state index contributed by atoms with van der Waals surface area (Å²) in [6.45, 7) is 1.50. The molecule has 1 atom stereocenters. The van der Waals surface area contributed by atoms with Crippen molar-refractivity contribution < 1.29 is 5.11 Å². The zero-order valence-corrected chi connectivity index (χ0v) is 6.15. The lowest BCUT2D eigenvalue weighted by Crippen LogP contribution is -2.19. The fourth-order valence-corrected chi connectivity index (χ4v) is 0.624. The molecule has 1 heterocycles. The molecule has 0 bridgehead atoms. The lowest BCUT2D eigenvalue weighted by molar-refractivity contribution is 0.117. The average Bonchev–Trinajstić information content (AvgIpc) is 2.06. The Hall–Kier alpha value is -1.40. The number of nitrogens with zero attached hydrogens (tertiary/aromatic N) is 2. The highest BCUT2D eigenvalue weighted by molar-refractivity contribution is 5.19. The summed E-state index contributed by atoms with van der Waals surface area (Å²) < 4.78 is 0. The minimum atomic E-state index is -1.31. The maximum absolute atomic E-state index is 9.46. The molecule has 3 nitrogen and oxygen atoms in total. The van der Waals surface area contributed by atoms with E-state index in [1.54, 1.807) is 0 Å². The molecular formula is C8H8N2O. The minimum Gasteiger partial charge on any atom is -0.372 e. The van der Waals surface area contributed by atoms with E-state index in [1.807, 2.05) is 0 Å². The highest BCUT2D eigenvalue weighted by Gasteiger charge is 2.20. The molecule has 56 valence electrons. The first-order chi connectivity index (χ1) is 5.17. The Morgan fingerprint density at radius 3 is 2.82 bits per heavy atom. The van der Waals surface area contributed by atoms with Crippen LogP contribution in [0.25, 0.3) is 0 Å². The lowest BCUT2D eigenvalue weighted by Gasteiger charge is -2.13. The van der Waals surface area contributed by atoms with Crippen molar-refractivity contribution in [1.29, 1.82) is 0 Å². The summed E-state index contributed by atoms with van der Waals surface area (Å²) in [4.78, 5) is 7.65. The van der Waals surface area contributed by atoms with Gasteiger partial charge in [0.2, 0.25) is 0 Å². The second-order valence-corrected chi connectivity index (χ2v) is 2.31. The van der Waals surface area contributed by atoms with Crippen LogP contribution in [0, 0.1) is 12.3 Å². The van der Waals surface area contributed by atoms with Gasteiger partial charge in [-0.05, 0) is 6.92 Å². The number of aromatic nitrogens is 2. The van der Waals surface area contributed by atoms with E-state index in [9.17, 15) is 5.11 Å². The van der Waals surface area contributed by atoms with E-state index in [1.165, 1.54) is 25.5 Å². The summed E-state index contributed by atoms with van der Waals surface area (Å²) in [5.41, 5.74) is -0.920. The van der Waals surface area contributed by atoms with Gasteiger partial charge in [-0.1, -0.05) is 5.92 Å². The normalized spacial score (nSPS) is 15.0. The highest BCUT2D eigenvalue weighted by atomic mass is 16.3. The van der Waals surface area contributed by atoms with E-state index >= 15 is 0 Å². The molecule has 1 aromatic heterocycles. The van der Waals surface area contributed by atoms with E-state index in [-0.39, 0.29) is 0 Å². The molecule has 0 aliphatic carbocycles. The predicted molar refractivity (Wildman–Crippen MR) is 40.4 cm³/mol. The van der Waals surface area contributed by atoms with Crippen LogP contribution >= 0.6 is 0 Å². The molecule has 1 rings (SSSR count). The second kappa shape index (κ2) is 2.69. The van der Waals surface area contributed by atoms with Crippen LogP contribution in [0.5, 0.6) is 0 Å². The molecule has 0 fully saturated rings. The fraction of sp³-hybridized carbons (Fsp3) is 0.250. The van der Waals surface area contributed by atoms with Crippen molar-refractivity contribution in [3.05, 3.63) is 24.3 Å². The molecule has 0 unspecified atom stereocenters.